The molecule has 3 aromatic carbocycles. The van der Waals surface area contributed by atoms with Crippen molar-refractivity contribution in [3.8, 4) is 0 Å². The summed E-state index contributed by atoms with van der Waals surface area (Å²) in [6.07, 6.45) is -0.366. The molecule has 0 aromatic heterocycles. The van der Waals surface area contributed by atoms with Crippen LogP contribution in [0, 0.1) is 17.5 Å². The number of hydrogen-bond donors (Lipinski definition) is 4. The molecular weight excluding hydrogens is 525 g/mol. The van der Waals surface area contributed by atoms with Gasteiger partial charge in [0.25, 0.3) is 0 Å². The molecule has 4 rings (SSSR count). The van der Waals surface area contributed by atoms with Gasteiger partial charge in [-0.25, -0.2) is 18.0 Å². The fourth-order valence-electron chi connectivity index (χ4n) is 4.83. The van der Waals surface area contributed by atoms with E-state index >= 15 is 4.39 Å². The Morgan fingerprint density at radius 3 is 2.40 bits per heavy atom. The van der Waals surface area contributed by atoms with Gasteiger partial charge in [0.2, 0.25) is 5.91 Å². The maximum atomic E-state index is 15.1. The van der Waals surface area contributed by atoms with E-state index in [2.05, 4.69) is 10.6 Å². The highest BCUT2D eigenvalue weighted by molar-refractivity contribution is 5.85. The van der Waals surface area contributed by atoms with E-state index < -0.39 is 41.4 Å². The minimum absolute atomic E-state index is 0.0818. The quantitative estimate of drug-likeness (QED) is 0.286. The molecule has 0 unspecified atom stereocenters. The van der Waals surface area contributed by atoms with Crippen molar-refractivity contribution in [1.82, 2.24) is 5.32 Å². The number of nitrogens with one attached hydrogen (secondary N) is 2. The summed E-state index contributed by atoms with van der Waals surface area (Å²) in [6, 6.07) is 14.4. The molecule has 1 heterocycles. The Hall–Kier alpha value is -4.09. The highest BCUT2D eigenvalue weighted by Gasteiger charge is 2.31. The lowest BCUT2D eigenvalue weighted by Gasteiger charge is -2.31. The number of ether oxygens (including phenoxy) is 2. The number of amides is 2. The van der Waals surface area contributed by atoms with Gasteiger partial charge in [-0.2, -0.15) is 0 Å². The fourth-order valence-corrected chi connectivity index (χ4v) is 4.83. The third-order valence-corrected chi connectivity index (χ3v) is 6.82. The number of benzene rings is 3. The van der Waals surface area contributed by atoms with Crippen molar-refractivity contribution in [3.63, 3.8) is 0 Å². The number of primary amides is 2. The second-order valence-electron chi connectivity index (χ2n) is 9.60. The molecule has 3 aromatic rings. The van der Waals surface area contributed by atoms with Crippen LogP contribution in [0.2, 0.25) is 0 Å². The van der Waals surface area contributed by atoms with E-state index in [1.165, 1.54) is 54.6 Å². The Morgan fingerprint density at radius 2 is 1.75 bits per heavy atom. The van der Waals surface area contributed by atoms with Crippen LogP contribution in [0.15, 0.2) is 66.7 Å². The molecule has 1 aliphatic heterocycles. The molecule has 0 radical (unpaired) electrons. The molecule has 6 N–H and O–H groups in total. The lowest BCUT2D eigenvalue weighted by atomic mass is 9.84. The van der Waals surface area contributed by atoms with Crippen LogP contribution in [0.4, 0.5) is 23.7 Å². The van der Waals surface area contributed by atoms with Gasteiger partial charge in [0.1, 0.15) is 30.1 Å². The molecule has 8 nitrogen and oxygen atoms in total. The van der Waals surface area contributed by atoms with E-state index in [-0.39, 0.29) is 31.8 Å². The zero-order valence-electron chi connectivity index (χ0n) is 21.6. The van der Waals surface area contributed by atoms with Gasteiger partial charge >= 0.3 is 6.09 Å². The van der Waals surface area contributed by atoms with Gasteiger partial charge in [0, 0.05) is 23.7 Å². The van der Waals surface area contributed by atoms with E-state index in [0.717, 1.165) is 0 Å². The molecule has 212 valence electrons. The lowest BCUT2D eigenvalue weighted by molar-refractivity contribution is -0.119. The normalized spacial score (nSPS) is 18.5. The van der Waals surface area contributed by atoms with Gasteiger partial charge in [-0.05, 0) is 60.4 Å². The van der Waals surface area contributed by atoms with E-state index in [9.17, 15) is 18.4 Å². The van der Waals surface area contributed by atoms with Crippen LogP contribution in [-0.2, 0) is 20.7 Å². The smallest absolute Gasteiger partial charge is 0.404 e. The molecular formula is C29H31F3N4O4. The minimum Gasteiger partial charge on any atom is -0.448 e. The predicted molar refractivity (Wildman–Crippen MR) is 143 cm³/mol. The van der Waals surface area contributed by atoms with E-state index in [1.807, 2.05) is 0 Å². The Bertz CT molecular complexity index is 1320. The van der Waals surface area contributed by atoms with Gasteiger partial charge in [0.15, 0.2) is 0 Å². The number of hydrogen-bond acceptors (Lipinski definition) is 6. The van der Waals surface area contributed by atoms with Crippen molar-refractivity contribution in [2.45, 2.75) is 36.9 Å². The Kier molecular flexibility index (Phi) is 9.62. The average molecular weight is 557 g/mol. The van der Waals surface area contributed by atoms with Crippen LogP contribution in [0.25, 0.3) is 0 Å². The second kappa shape index (κ2) is 13.3. The third-order valence-electron chi connectivity index (χ3n) is 6.82. The summed E-state index contributed by atoms with van der Waals surface area (Å²) in [5, 5.41) is 6.30. The van der Waals surface area contributed by atoms with Crippen molar-refractivity contribution in [2.75, 3.05) is 25.1 Å². The maximum Gasteiger partial charge on any atom is 0.404 e. The monoisotopic (exact) mass is 556 g/mol. The van der Waals surface area contributed by atoms with Crippen LogP contribution < -0.4 is 22.1 Å². The first-order chi connectivity index (χ1) is 19.2. The number of rotatable bonds is 11. The summed E-state index contributed by atoms with van der Waals surface area (Å²) in [6.45, 7) is 0.829. The highest BCUT2D eigenvalue weighted by Crippen LogP contribution is 2.32. The van der Waals surface area contributed by atoms with Gasteiger partial charge in [-0.3, -0.25) is 4.79 Å². The van der Waals surface area contributed by atoms with Crippen LogP contribution in [-0.4, -0.2) is 49.9 Å². The van der Waals surface area contributed by atoms with Crippen molar-refractivity contribution in [1.29, 1.82) is 0 Å². The summed E-state index contributed by atoms with van der Waals surface area (Å²) in [7, 11) is 0. The minimum atomic E-state index is -1.12. The molecule has 11 heteroatoms. The first-order valence-electron chi connectivity index (χ1n) is 12.8. The molecule has 0 spiro atoms. The fraction of sp³-hybridized carbons (Fsp3) is 0.310. The third kappa shape index (κ3) is 7.51. The second-order valence-corrected chi connectivity index (χ2v) is 9.60. The van der Waals surface area contributed by atoms with Crippen molar-refractivity contribution in [2.24, 2.45) is 11.5 Å². The number of nitrogens with two attached hydrogens (primary N) is 2. The van der Waals surface area contributed by atoms with Gasteiger partial charge in [-0.15, -0.1) is 0 Å². The topological polar surface area (TPSA) is 129 Å². The largest absolute Gasteiger partial charge is 0.448 e. The number of halogens is 3. The molecule has 1 fully saturated rings. The molecule has 1 aliphatic rings. The average Bonchev–Trinajstić information content (AvgIpc) is 2.92. The summed E-state index contributed by atoms with van der Waals surface area (Å²) in [4.78, 5) is 23.6. The van der Waals surface area contributed by atoms with Gasteiger partial charge in [0.05, 0.1) is 18.8 Å². The number of morpholine rings is 1. The number of carbonyl (C=O) groups excluding carboxylic acids is 2. The van der Waals surface area contributed by atoms with E-state index in [4.69, 9.17) is 20.9 Å². The Balaban J connectivity index is 1.54. The zero-order chi connectivity index (χ0) is 28.6. The predicted octanol–water partition coefficient (Wildman–Crippen LogP) is 3.59. The lowest BCUT2D eigenvalue weighted by Crippen LogP contribution is -2.49. The number of anilines is 1. The van der Waals surface area contributed by atoms with Gasteiger partial charge in [-0.1, -0.05) is 30.3 Å². The van der Waals surface area contributed by atoms with Gasteiger partial charge < -0.3 is 31.6 Å². The zero-order valence-corrected chi connectivity index (χ0v) is 21.6. The first-order valence-corrected chi connectivity index (χ1v) is 12.8. The molecule has 0 bridgehead atoms. The van der Waals surface area contributed by atoms with Crippen LogP contribution in [0.5, 0.6) is 0 Å². The Labute approximate surface area is 229 Å². The maximum absolute atomic E-state index is 15.1. The number of carbonyl (C=O) groups is 2. The van der Waals surface area contributed by atoms with Crippen LogP contribution in [0.3, 0.4) is 0 Å². The molecule has 40 heavy (non-hydrogen) atoms. The van der Waals surface area contributed by atoms with Crippen LogP contribution in [0.1, 0.15) is 29.0 Å². The summed E-state index contributed by atoms with van der Waals surface area (Å²) in [5.41, 5.74) is 12.5. The highest BCUT2D eigenvalue weighted by atomic mass is 19.1. The summed E-state index contributed by atoms with van der Waals surface area (Å²) < 4.78 is 53.6. The molecule has 0 aliphatic carbocycles. The Morgan fingerprint density at radius 1 is 1.00 bits per heavy atom. The standard InChI is InChI=1S/C29H31F3N4O4/c30-19-9-7-17(8-10-19)26(18-3-1-4-20(31)13-18)27(28(33)37)36-25-6-2-5-24(32)23(25)12-11-22-14-35-21(15-39-22)16-40-29(34)38/h1-10,13,21-22,26-27,35-36H,11-12,14-16H2,(H2,33,37)(H2,34,38)/t21-,22+,26-,27-/m0/s1. The molecule has 2 amide bonds. The molecule has 0 saturated carbocycles. The van der Waals surface area contributed by atoms with Crippen molar-refractivity contribution < 1.29 is 32.2 Å². The van der Waals surface area contributed by atoms with Crippen molar-refractivity contribution >= 4 is 17.7 Å². The van der Waals surface area contributed by atoms with Crippen molar-refractivity contribution in [3.05, 3.63) is 101 Å². The summed E-state index contributed by atoms with van der Waals surface area (Å²) in [5.74, 6) is -3.00. The first kappa shape index (κ1) is 28.9. The summed E-state index contributed by atoms with van der Waals surface area (Å²) >= 11 is 0. The molecule has 4 atom stereocenters. The van der Waals surface area contributed by atoms with Crippen LogP contribution >= 0.6 is 0 Å². The SMILES string of the molecule is NC(=O)OC[C@@H]1CO[C@H](CCc2c(F)cccc2N[C@H](C(N)=O)[C@@H](c2ccc(F)cc2)c2cccc(F)c2)CN1. The van der Waals surface area contributed by atoms with E-state index in [0.29, 0.717) is 35.3 Å². The van der Waals surface area contributed by atoms with E-state index in [1.54, 1.807) is 12.1 Å². The molecule has 1 saturated heterocycles.